The quantitative estimate of drug-likeness (QED) is 0.780. The summed E-state index contributed by atoms with van der Waals surface area (Å²) >= 11 is 0. The largest absolute Gasteiger partial charge is 0.298 e. The Balaban J connectivity index is 1.51. The molecule has 1 saturated heterocycles. The number of likely N-dealkylation sites (tertiary alicyclic amines) is 1. The first kappa shape index (κ1) is 16.9. The Bertz CT molecular complexity index is 1010. The lowest BCUT2D eigenvalue weighted by Gasteiger charge is -2.15. The average Bonchev–Trinajstić information content (AvgIpc) is 3.25. The van der Waals surface area contributed by atoms with Gasteiger partial charge in [-0.25, -0.2) is 18.3 Å². The van der Waals surface area contributed by atoms with E-state index in [1.807, 2.05) is 13.0 Å². The van der Waals surface area contributed by atoms with Crippen LogP contribution in [0.4, 0.5) is 8.78 Å². The molecule has 136 valence electrons. The van der Waals surface area contributed by atoms with Crippen LogP contribution < -0.4 is 5.56 Å². The van der Waals surface area contributed by atoms with Crippen molar-refractivity contribution in [3.05, 3.63) is 69.3 Å². The molecule has 5 nitrogen and oxygen atoms in total. The van der Waals surface area contributed by atoms with Gasteiger partial charge in [0.15, 0.2) is 17.3 Å². The lowest BCUT2D eigenvalue weighted by atomic mass is 10.1. The molecule has 1 aliphatic rings. The van der Waals surface area contributed by atoms with E-state index in [1.165, 1.54) is 16.6 Å². The zero-order valence-corrected chi connectivity index (χ0v) is 14.5. The van der Waals surface area contributed by atoms with Gasteiger partial charge >= 0.3 is 0 Å². The van der Waals surface area contributed by atoms with Crippen molar-refractivity contribution in [3.8, 4) is 0 Å². The lowest BCUT2D eigenvalue weighted by Crippen LogP contribution is -2.20. The van der Waals surface area contributed by atoms with Crippen LogP contribution in [0, 0.1) is 11.6 Å². The van der Waals surface area contributed by atoms with Crippen molar-refractivity contribution in [1.29, 1.82) is 0 Å². The molecule has 1 atom stereocenters. The van der Waals surface area contributed by atoms with E-state index in [1.54, 1.807) is 12.1 Å². The maximum atomic E-state index is 13.4. The summed E-state index contributed by atoms with van der Waals surface area (Å²) in [6.07, 6.45) is 1.66. The summed E-state index contributed by atoms with van der Waals surface area (Å²) in [4.78, 5) is 18.9. The average molecular weight is 358 g/mol. The molecule has 0 radical (unpaired) electrons. The minimum Gasteiger partial charge on any atom is -0.298 e. The number of H-pyrrole nitrogens is 1. The van der Waals surface area contributed by atoms with Crippen LogP contribution in [0.25, 0.3) is 5.65 Å². The molecule has 1 aliphatic heterocycles. The molecule has 0 saturated carbocycles. The number of nitrogens with one attached hydrogen (secondary N) is 1. The van der Waals surface area contributed by atoms with E-state index in [2.05, 4.69) is 15.0 Å². The molecule has 0 aliphatic carbocycles. The first-order chi connectivity index (χ1) is 12.5. The molecular formula is C19H20F2N4O. The Morgan fingerprint density at radius 1 is 1.23 bits per heavy atom. The van der Waals surface area contributed by atoms with E-state index in [9.17, 15) is 13.6 Å². The molecule has 4 rings (SSSR count). The van der Waals surface area contributed by atoms with Crippen LogP contribution in [-0.2, 0) is 13.0 Å². The summed E-state index contributed by atoms with van der Waals surface area (Å²) in [6, 6.07) is 7.52. The highest BCUT2D eigenvalue weighted by atomic mass is 19.2. The molecule has 0 amide bonds. The highest BCUT2D eigenvalue weighted by Gasteiger charge is 2.26. The van der Waals surface area contributed by atoms with Crippen LogP contribution in [0.1, 0.15) is 36.2 Å². The van der Waals surface area contributed by atoms with Gasteiger partial charge in [-0.05, 0) is 37.1 Å². The van der Waals surface area contributed by atoms with Gasteiger partial charge in [-0.2, -0.15) is 0 Å². The molecule has 1 fully saturated rings. The van der Waals surface area contributed by atoms with Gasteiger partial charge in [0.05, 0.1) is 0 Å². The Morgan fingerprint density at radius 2 is 2.08 bits per heavy atom. The molecule has 1 aromatic carbocycles. The number of hydrogen-bond donors (Lipinski definition) is 1. The topological polar surface area (TPSA) is 53.4 Å². The number of fused-ring (bicyclic) bond motifs is 1. The van der Waals surface area contributed by atoms with Crippen molar-refractivity contribution in [2.24, 2.45) is 0 Å². The molecule has 0 bridgehead atoms. The van der Waals surface area contributed by atoms with E-state index < -0.39 is 11.6 Å². The SMILES string of the molecule is CCc1cc(=O)n2[nH]c(C3CCN(Cc4ccc(F)c(F)c4)C3)cc2n1. The van der Waals surface area contributed by atoms with E-state index in [4.69, 9.17) is 0 Å². The van der Waals surface area contributed by atoms with Gasteiger partial charge in [0, 0.05) is 42.5 Å². The van der Waals surface area contributed by atoms with Crippen LogP contribution in [0.3, 0.4) is 0 Å². The zero-order chi connectivity index (χ0) is 18.3. The first-order valence-corrected chi connectivity index (χ1v) is 8.81. The van der Waals surface area contributed by atoms with Gasteiger partial charge < -0.3 is 0 Å². The van der Waals surface area contributed by atoms with Gasteiger partial charge in [0.1, 0.15) is 0 Å². The second-order valence-corrected chi connectivity index (χ2v) is 6.81. The minimum absolute atomic E-state index is 0.102. The third-order valence-corrected chi connectivity index (χ3v) is 4.99. The van der Waals surface area contributed by atoms with Gasteiger partial charge in [-0.15, -0.1) is 0 Å². The number of aryl methyl sites for hydroxylation is 1. The molecule has 7 heteroatoms. The fraction of sp³-hybridized carbons (Fsp3) is 0.368. The fourth-order valence-corrected chi connectivity index (χ4v) is 3.58. The van der Waals surface area contributed by atoms with E-state index in [-0.39, 0.29) is 11.5 Å². The van der Waals surface area contributed by atoms with E-state index >= 15 is 0 Å². The van der Waals surface area contributed by atoms with Crippen LogP contribution in [-0.4, -0.2) is 32.6 Å². The van der Waals surface area contributed by atoms with Gasteiger partial charge in [0.25, 0.3) is 5.56 Å². The summed E-state index contributed by atoms with van der Waals surface area (Å²) < 4.78 is 27.9. The number of aromatic amines is 1. The molecule has 3 aromatic rings. The number of aromatic nitrogens is 3. The number of halogens is 2. The second-order valence-electron chi connectivity index (χ2n) is 6.81. The van der Waals surface area contributed by atoms with Crippen molar-refractivity contribution >= 4 is 5.65 Å². The predicted octanol–water partition coefficient (Wildman–Crippen LogP) is 2.85. The molecule has 1 N–H and O–H groups in total. The lowest BCUT2D eigenvalue weighted by molar-refractivity contribution is 0.325. The van der Waals surface area contributed by atoms with Crippen molar-refractivity contribution in [2.75, 3.05) is 13.1 Å². The minimum atomic E-state index is -0.824. The maximum absolute atomic E-state index is 13.4. The summed E-state index contributed by atoms with van der Waals surface area (Å²) in [5.74, 6) is -1.38. The van der Waals surface area contributed by atoms with Crippen LogP contribution >= 0.6 is 0 Å². The summed E-state index contributed by atoms with van der Waals surface area (Å²) in [6.45, 7) is 4.20. The van der Waals surface area contributed by atoms with Crippen molar-refractivity contribution in [1.82, 2.24) is 19.5 Å². The molecule has 0 spiro atoms. The number of rotatable bonds is 4. The molecule has 3 heterocycles. The fourth-order valence-electron chi connectivity index (χ4n) is 3.58. The van der Waals surface area contributed by atoms with Crippen LogP contribution in [0.15, 0.2) is 35.1 Å². The second kappa shape index (κ2) is 6.64. The van der Waals surface area contributed by atoms with Gasteiger partial charge in [-0.3, -0.25) is 14.8 Å². The Kier molecular flexibility index (Phi) is 4.32. The monoisotopic (exact) mass is 358 g/mol. The maximum Gasteiger partial charge on any atom is 0.272 e. The first-order valence-electron chi connectivity index (χ1n) is 8.81. The highest BCUT2D eigenvalue weighted by Crippen LogP contribution is 2.27. The smallest absolute Gasteiger partial charge is 0.272 e. The summed E-state index contributed by atoms with van der Waals surface area (Å²) in [5, 5.41) is 3.16. The highest BCUT2D eigenvalue weighted by molar-refractivity contribution is 5.41. The Labute approximate surface area is 149 Å². The molecule has 1 unspecified atom stereocenters. The van der Waals surface area contributed by atoms with Crippen molar-refractivity contribution in [3.63, 3.8) is 0 Å². The zero-order valence-electron chi connectivity index (χ0n) is 14.5. The number of benzene rings is 1. The van der Waals surface area contributed by atoms with E-state index in [0.29, 0.717) is 12.2 Å². The van der Waals surface area contributed by atoms with Gasteiger partial charge in [0.2, 0.25) is 0 Å². The summed E-state index contributed by atoms with van der Waals surface area (Å²) in [7, 11) is 0. The van der Waals surface area contributed by atoms with Gasteiger partial charge in [-0.1, -0.05) is 13.0 Å². The molecule has 26 heavy (non-hydrogen) atoms. The van der Waals surface area contributed by atoms with Crippen LogP contribution in [0.5, 0.6) is 0 Å². The molecule has 2 aromatic heterocycles. The van der Waals surface area contributed by atoms with Crippen LogP contribution in [0.2, 0.25) is 0 Å². The Hall–Kier alpha value is -2.54. The number of hydrogen-bond acceptors (Lipinski definition) is 3. The van der Waals surface area contributed by atoms with Crippen molar-refractivity contribution in [2.45, 2.75) is 32.2 Å². The predicted molar refractivity (Wildman–Crippen MR) is 94.2 cm³/mol. The third kappa shape index (κ3) is 3.14. The number of nitrogens with zero attached hydrogens (tertiary/aromatic N) is 3. The third-order valence-electron chi connectivity index (χ3n) is 4.99. The van der Waals surface area contributed by atoms with E-state index in [0.717, 1.165) is 42.9 Å². The molecular weight excluding hydrogens is 338 g/mol. The normalized spacial score (nSPS) is 18.0. The standard InChI is InChI=1S/C19H20F2N4O/c1-2-14-8-19(26)25-18(22-14)9-17(23-25)13-5-6-24(11-13)10-12-3-4-15(20)16(21)7-12/h3-4,7-9,13,23H,2,5-6,10-11H2,1H3. The van der Waals surface area contributed by atoms with Crippen molar-refractivity contribution < 1.29 is 8.78 Å². The Morgan fingerprint density at radius 3 is 2.85 bits per heavy atom. The summed E-state index contributed by atoms with van der Waals surface area (Å²) in [5.41, 5.74) is 3.06.